The Morgan fingerprint density at radius 2 is 2.35 bits per heavy atom. The minimum Gasteiger partial charge on any atom is -0.376 e. The van der Waals surface area contributed by atoms with Gasteiger partial charge in [-0.2, -0.15) is 0 Å². The summed E-state index contributed by atoms with van der Waals surface area (Å²) in [6.07, 6.45) is 2.11. The first kappa shape index (κ1) is 14.4. The molecule has 1 aliphatic heterocycles. The van der Waals surface area contributed by atoms with Gasteiger partial charge in [0.05, 0.1) is 18.8 Å². The van der Waals surface area contributed by atoms with E-state index in [0.717, 1.165) is 32.5 Å². The number of hydrogen-bond acceptors (Lipinski definition) is 4. The van der Waals surface area contributed by atoms with Crippen LogP contribution in [0.1, 0.15) is 26.7 Å². The number of morpholine rings is 1. The number of nitrogens with zero attached hydrogens (tertiary/aromatic N) is 1. The van der Waals surface area contributed by atoms with Crippen molar-refractivity contribution in [3.8, 4) is 0 Å². The van der Waals surface area contributed by atoms with Crippen LogP contribution in [0.2, 0.25) is 0 Å². The Bertz CT molecular complexity index is 248. The van der Waals surface area contributed by atoms with Crippen LogP contribution < -0.4 is 11.1 Å². The maximum atomic E-state index is 11.1. The molecule has 1 rings (SSSR count). The van der Waals surface area contributed by atoms with Crippen LogP contribution in [0, 0.1) is 0 Å². The molecule has 5 heteroatoms. The quantitative estimate of drug-likeness (QED) is 0.686. The van der Waals surface area contributed by atoms with Crippen LogP contribution in [0.4, 0.5) is 0 Å². The van der Waals surface area contributed by atoms with E-state index in [-0.39, 0.29) is 18.1 Å². The molecule has 0 aromatic heterocycles. The predicted molar refractivity (Wildman–Crippen MR) is 67.7 cm³/mol. The van der Waals surface area contributed by atoms with Crippen LogP contribution in [0.5, 0.6) is 0 Å². The smallest absolute Gasteiger partial charge is 0.234 e. The highest BCUT2D eigenvalue weighted by molar-refractivity contribution is 5.79. The lowest BCUT2D eigenvalue weighted by Gasteiger charge is -2.38. The molecule has 0 aliphatic carbocycles. The van der Waals surface area contributed by atoms with E-state index in [9.17, 15) is 4.79 Å². The molecule has 0 aromatic rings. The number of carbonyl (C=O) groups excluding carboxylic acids is 1. The molecule has 0 bridgehead atoms. The predicted octanol–water partition coefficient (Wildman–Crippen LogP) is -0.0509. The van der Waals surface area contributed by atoms with Gasteiger partial charge in [0.25, 0.3) is 0 Å². The Morgan fingerprint density at radius 1 is 1.65 bits per heavy atom. The molecule has 3 atom stereocenters. The van der Waals surface area contributed by atoms with Gasteiger partial charge in [-0.3, -0.25) is 9.69 Å². The van der Waals surface area contributed by atoms with E-state index < -0.39 is 0 Å². The highest BCUT2D eigenvalue weighted by atomic mass is 16.5. The average Bonchev–Trinajstić information content (AvgIpc) is 2.29. The van der Waals surface area contributed by atoms with Crippen LogP contribution in [0.25, 0.3) is 0 Å². The Labute approximate surface area is 104 Å². The van der Waals surface area contributed by atoms with Gasteiger partial charge in [0.1, 0.15) is 0 Å². The van der Waals surface area contributed by atoms with Crippen molar-refractivity contribution in [3.05, 3.63) is 0 Å². The second-order valence-electron chi connectivity index (χ2n) is 4.73. The van der Waals surface area contributed by atoms with Gasteiger partial charge in [-0.05, 0) is 26.8 Å². The maximum absolute atomic E-state index is 11.1. The van der Waals surface area contributed by atoms with E-state index in [1.54, 1.807) is 7.05 Å². The zero-order valence-corrected chi connectivity index (χ0v) is 11.1. The molecule has 5 nitrogen and oxygen atoms in total. The molecular weight excluding hydrogens is 218 g/mol. The normalized spacial score (nSPS) is 27.9. The third kappa shape index (κ3) is 4.26. The first-order valence-corrected chi connectivity index (χ1v) is 6.40. The first-order valence-electron chi connectivity index (χ1n) is 6.40. The lowest BCUT2D eigenvalue weighted by molar-refractivity contribution is -0.120. The Balaban J connectivity index is 2.44. The standard InChI is InChI=1S/C12H25N3O2/c1-4-10-8-17-9(2)7-15(10)6-5-11(14-3)12(13)16/h9-11,14H,4-8H2,1-3H3,(H2,13,16). The van der Waals surface area contributed by atoms with E-state index >= 15 is 0 Å². The van der Waals surface area contributed by atoms with Crippen molar-refractivity contribution in [2.75, 3.05) is 26.7 Å². The summed E-state index contributed by atoms with van der Waals surface area (Å²) >= 11 is 0. The molecule has 17 heavy (non-hydrogen) atoms. The third-order valence-corrected chi connectivity index (χ3v) is 3.45. The number of nitrogens with two attached hydrogens (primary N) is 1. The minimum absolute atomic E-state index is 0.231. The molecule has 0 radical (unpaired) electrons. The second kappa shape index (κ2) is 6.93. The monoisotopic (exact) mass is 243 g/mol. The second-order valence-corrected chi connectivity index (χ2v) is 4.73. The summed E-state index contributed by atoms with van der Waals surface area (Å²) in [5.74, 6) is -0.276. The van der Waals surface area contributed by atoms with Crippen molar-refractivity contribution in [2.45, 2.75) is 44.9 Å². The molecule has 3 unspecified atom stereocenters. The van der Waals surface area contributed by atoms with Gasteiger partial charge in [-0.25, -0.2) is 0 Å². The Hall–Kier alpha value is -0.650. The molecule has 1 fully saturated rings. The van der Waals surface area contributed by atoms with Gasteiger partial charge in [0.15, 0.2) is 0 Å². The zero-order valence-electron chi connectivity index (χ0n) is 11.1. The van der Waals surface area contributed by atoms with Gasteiger partial charge < -0.3 is 15.8 Å². The largest absolute Gasteiger partial charge is 0.376 e. The molecule has 1 heterocycles. The van der Waals surface area contributed by atoms with Crippen molar-refractivity contribution >= 4 is 5.91 Å². The summed E-state index contributed by atoms with van der Waals surface area (Å²) in [6, 6.07) is 0.238. The van der Waals surface area contributed by atoms with Crippen LogP contribution in [-0.4, -0.2) is 55.7 Å². The van der Waals surface area contributed by atoms with Crippen LogP contribution in [0.15, 0.2) is 0 Å². The summed E-state index contributed by atoms with van der Waals surface area (Å²) in [7, 11) is 1.77. The number of rotatable bonds is 6. The average molecular weight is 243 g/mol. The number of amides is 1. The summed E-state index contributed by atoms with van der Waals surface area (Å²) in [5, 5.41) is 2.95. The minimum atomic E-state index is -0.276. The topological polar surface area (TPSA) is 67.6 Å². The number of ether oxygens (including phenoxy) is 1. The molecule has 0 saturated carbocycles. The highest BCUT2D eigenvalue weighted by Gasteiger charge is 2.26. The lowest BCUT2D eigenvalue weighted by Crippen LogP contribution is -2.50. The number of likely N-dealkylation sites (N-methyl/N-ethyl adjacent to an activating group) is 1. The van der Waals surface area contributed by atoms with Crippen molar-refractivity contribution in [1.29, 1.82) is 0 Å². The van der Waals surface area contributed by atoms with Crippen molar-refractivity contribution in [1.82, 2.24) is 10.2 Å². The van der Waals surface area contributed by atoms with Gasteiger partial charge in [-0.1, -0.05) is 6.92 Å². The van der Waals surface area contributed by atoms with Gasteiger partial charge in [0.2, 0.25) is 5.91 Å². The first-order chi connectivity index (χ1) is 8.08. The van der Waals surface area contributed by atoms with E-state index in [0.29, 0.717) is 6.04 Å². The molecule has 0 aromatic carbocycles. The molecule has 1 saturated heterocycles. The summed E-state index contributed by atoms with van der Waals surface area (Å²) < 4.78 is 5.64. The molecule has 1 amide bonds. The molecule has 1 aliphatic rings. The number of hydrogen-bond donors (Lipinski definition) is 2. The third-order valence-electron chi connectivity index (χ3n) is 3.45. The van der Waals surface area contributed by atoms with Crippen LogP contribution >= 0.6 is 0 Å². The fourth-order valence-electron chi connectivity index (χ4n) is 2.29. The summed E-state index contributed by atoms with van der Waals surface area (Å²) in [4.78, 5) is 13.5. The molecule has 100 valence electrons. The zero-order chi connectivity index (χ0) is 12.8. The molecule has 3 N–H and O–H groups in total. The maximum Gasteiger partial charge on any atom is 0.234 e. The Morgan fingerprint density at radius 3 is 2.88 bits per heavy atom. The van der Waals surface area contributed by atoms with E-state index in [1.165, 1.54) is 0 Å². The number of nitrogens with one attached hydrogen (secondary N) is 1. The van der Waals surface area contributed by atoms with E-state index in [2.05, 4.69) is 24.1 Å². The van der Waals surface area contributed by atoms with E-state index in [1.807, 2.05) is 0 Å². The fraction of sp³-hybridized carbons (Fsp3) is 0.917. The summed E-state index contributed by atoms with van der Waals surface area (Å²) in [6.45, 7) is 6.87. The summed E-state index contributed by atoms with van der Waals surface area (Å²) in [5.41, 5.74) is 5.31. The van der Waals surface area contributed by atoms with E-state index in [4.69, 9.17) is 10.5 Å². The van der Waals surface area contributed by atoms with Crippen LogP contribution in [-0.2, 0) is 9.53 Å². The van der Waals surface area contributed by atoms with Crippen LogP contribution in [0.3, 0.4) is 0 Å². The SMILES string of the molecule is CCC1COC(C)CN1CCC(NC)C(N)=O. The van der Waals surface area contributed by atoms with Gasteiger partial charge in [-0.15, -0.1) is 0 Å². The highest BCUT2D eigenvalue weighted by Crippen LogP contribution is 2.15. The van der Waals surface area contributed by atoms with Crippen molar-refractivity contribution in [3.63, 3.8) is 0 Å². The van der Waals surface area contributed by atoms with Gasteiger partial charge >= 0.3 is 0 Å². The Kier molecular flexibility index (Phi) is 5.88. The number of primary amides is 1. The molecule has 0 spiro atoms. The number of carbonyl (C=O) groups is 1. The van der Waals surface area contributed by atoms with Gasteiger partial charge in [0, 0.05) is 19.1 Å². The fourth-order valence-corrected chi connectivity index (χ4v) is 2.29. The van der Waals surface area contributed by atoms with Crippen molar-refractivity contribution < 1.29 is 9.53 Å². The lowest BCUT2D eigenvalue weighted by atomic mass is 10.1. The molecular formula is C12H25N3O2. The van der Waals surface area contributed by atoms with Crippen molar-refractivity contribution in [2.24, 2.45) is 5.73 Å².